The first-order chi connectivity index (χ1) is 29.5. The van der Waals surface area contributed by atoms with Gasteiger partial charge in [0, 0.05) is 11.8 Å². The van der Waals surface area contributed by atoms with E-state index in [1.54, 1.807) is 26.0 Å². The molecule has 9 atom stereocenters. The molecule has 1 aromatic heterocycles. The highest BCUT2D eigenvalue weighted by molar-refractivity contribution is 5.79. The van der Waals surface area contributed by atoms with Gasteiger partial charge in [-0.05, 0) is 124 Å². The van der Waals surface area contributed by atoms with Crippen molar-refractivity contribution >= 4 is 5.97 Å². The lowest BCUT2D eigenvalue weighted by Gasteiger charge is -2.50. The fourth-order valence-corrected chi connectivity index (χ4v) is 8.94. The van der Waals surface area contributed by atoms with Crippen molar-refractivity contribution in [1.29, 1.82) is 0 Å². The molecule has 0 amide bonds. The predicted octanol–water partition coefficient (Wildman–Crippen LogP) is 7.16. The van der Waals surface area contributed by atoms with Gasteiger partial charge in [-0.15, -0.1) is 5.10 Å². The largest absolute Gasteiger partial charge is 0.493 e. The van der Waals surface area contributed by atoms with Crippen LogP contribution in [0.1, 0.15) is 117 Å². The Morgan fingerprint density at radius 2 is 1.30 bits per heavy atom. The fraction of sp³-hybridized carbons (Fsp3) is 0.681. The van der Waals surface area contributed by atoms with Crippen LogP contribution in [0.5, 0.6) is 28.7 Å². The Bertz CT molecular complexity index is 2070. The Balaban J connectivity index is 1.24. The predicted molar refractivity (Wildman–Crippen MR) is 230 cm³/mol. The van der Waals surface area contributed by atoms with Crippen LogP contribution in [-0.2, 0) is 44.6 Å². The maximum Gasteiger partial charge on any atom is 0.310 e. The molecule has 2 aromatic carbocycles. The fourth-order valence-electron chi connectivity index (χ4n) is 8.94. The van der Waals surface area contributed by atoms with E-state index < -0.39 is 71.0 Å². The van der Waals surface area contributed by atoms with Crippen LogP contribution in [0.15, 0.2) is 30.5 Å². The molecule has 0 N–H and O–H groups in total. The summed E-state index contributed by atoms with van der Waals surface area (Å²) in [7, 11) is 4.69. The first-order valence-electron chi connectivity index (χ1n) is 21.7. The number of benzene rings is 2. The van der Waals surface area contributed by atoms with Gasteiger partial charge in [0.2, 0.25) is 12.5 Å². The van der Waals surface area contributed by atoms with Gasteiger partial charge < -0.3 is 56.8 Å². The van der Waals surface area contributed by atoms with Crippen LogP contribution in [0, 0.1) is 11.8 Å². The standard InChI is InChI=1S/C47H67N3O13/c1-44(2,3)59-23-34-39(61-45(4,5)6)40(62-46(7,8)9)41(63-47(10,11)12)43(60-34)56-21-26-20-50(49-48-26)37-28-19-31-30(57-24-58-31)18-27(28)35(36-29(37)22-55-42(36)51)25-16-32(52-13)38(54-15)33(17-25)53-14/h16-20,29,34-37,39-41,43H,21-24H2,1-15H3/t29-,34+,35+,36-,37-,39+,40-,41+,43+/m0/s1. The van der Waals surface area contributed by atoms with E-state index in [-0.39, 0.29) is 38.5 Å². The number of aromatic nitrogens is 3. The molecule has 16 nitrogen and oxygen atoms in total. The summed E-state index contributed by atoms with van der Waals surface area (Å²) in [5, 5.41) is 9.28. The third kappa shape index (κ3) is 10.4. The van der Waals surface area contributed by atoms with Crippen LogP contribution < -0.4 is 23.7 Å². The molecule has 0 bridgehead atoms. The van der Waals surface area contributed by atoms with Crippen molar-refractivity contribution in [2.45, 2.75) is 155 Å². The lowest BCUT2D eigenvalue weighted by molar-refractivity contribution is -0.355. The SMILES string of the molecule is COc1cc([C@@H]2c3cc4c(cc3[C@H](n3cc(CO[C@@H]5O[C@H](COC(C)(C)C)[C@@H](OC(C)(C)C)[C@H](OC(C)(C)C)[C@H]5OC(C)(C)C)nn3)[C@H]3COC(=O)[C@H]23)OCO4)cc(OC)c1OC. The summed E-state index contributed by atoms with van der Waals surface area (Å²) in [6.07, 6.45) is -1.51. The highest BCUT2D eigenvalue weighted by Crippen LogP contribution is 2.56. The van der Waals surface area contributed by atoms with Gasteiger partial charge in [0.05, 0.1) is 81.7 Å². The van der Waals surface area contributed by atoms with E-state index in [9.17, 15) is 4.79 Å². The zero-order valence-corrected chi connectivity index (χ0v) is 39.6. The summed E-state index contributed by atoms with van der Waals surface area (Å²) < 4.78 is 76.8. The van der Waals surface area contributed by atoms with Gasteiger partial charge in [0.15, 0.2) is 29.3 Å². The number of ether oxygens (including phenoxy) is 12. The average Bonchev–Trinajstić information content (AvgIpc) is 3.94. The number of hydrogen-bond acceptors (Lipinski definition) is 15. The van der Waals surface area contributed by atoms with Gasteiger partial charge in [-0.2, -0.15) is 0 Å². The molecule has 4 heterocycles. The molecule has 2 fully saturated rings. The van der Waals surface area contributed by atoms with Crippen LogP contribution in [0.4, 0.5) is 0 Å². The number of rotatable bonds is 13. The smallest absolute Gasteiger partial charge is 0.310 e. The molecule has 3 aliphatic heterocycles. The minimum absolute atomic E-state index is 0.0207. The summed E-state index contributed by atoms with van der Waals surface area (Å²) in [6, 6.07) is 7.22. The van der Waals surface area contributed by atoms with Crippen LogP contribution in [0.25, 0.3) is 0 Å². The van der Waals surface area contributed by atoms with E-state index in [4.69, 9.17) is 56.8 Å². The molecule has 4 aliphatic rings. The second-order valence-electron chi connectivity index (χ2n) is 20.6. The Morgan fingerprint density at radius 3 is 1.87 bits per heavy atom. The molecule has 1 aliphatic carbocycles. The quantitative estimate of drug-likeness (QED) is 0.159. The number of nitrogens with zero attached hydrogens (tertiary/aromatic N) is 3. The number of esters is 1. The Morgan fingerprint density at radius 1 is 0.714 bits per heavy atom. The number of hydrogen-bond donors (Lipinski definition) is 0. The molecule has 0 spiro atoms. The monoisotopic (exact) mass is 881 g/mol. The molecule has 0 radical (unpaired) electrons. The average molecular weight is 882 g/mol. The van der Waals surface area contributed by atoms with E-state index in [1.165, 1.54) is 0 Å². The summed E-state index contributed by atoms with van der Waals surface area (Å²) in [5.41, 5.74) is 0.925. The topological polar surface area (TPSA) is 159 Å². The third-order valence-electron chi connectivity index (χ3n) is 11.2. The molecule has 348 valence electrons. The van der Waals surface area contributed by atoms with Crippen molar-refractivity contribution in [3.63, 3.8) is 0 Å². The number of cyclic esters (lactones) is 1. The van der Waals surface area contributed by atoms with Crippen molar-refractivity contribution < 1.29 is 61.6 Å². The molecule has 16 heteroatoms. The zero-order valence-electron chi connectivity index (χ0n) is 39.6. The molecule has 2 saturated heterocycles. The van der Waals surface area contributed by atoms with Crippen LogP contribution in [0.2, 0.25) is 0 Å². The van der Waals surface area contributed by atoms with E-state index in [0.717, 1.165) is 16.7 Å². The Labute approximate surface area is 371 Å². The molecule has 3 aromatic rings. The highest BCUT2D eigenvalue weighted by Gasteiger charge is 2.55. The maximum atomic E-state index is 13.9. The maximum absolute atomic E-state index is 13.9. The van der Waals surface area contributed by atoms with E-state index in [1.807, 2.05) is 114 Å². The lowest BCUT2D eigenvalue weighted by atomic mass is 9.65. The lowest BCUT2D eigenvalue weighted by Crippen LogP contribution is -2.65. The van der Waals surface area contributed by atoms with Crippen molar-refractivity contribution in [1.82, 2.24) is 15.0 Å². The van der Waals surface area contributed by atoms with Gasteiger partial charge in [-0.1, -0.05) is 5.21 Å². The van der Waals surface area contributed by atoms with Crippen LogP contribution in [0.3, 0.4) is 0 Å². The molecular formula is C47H67N3O13. The van der Waals surface area contributed by atoms with Crippen LogP contribution in [-0.4, -0.2) is 115 Å². The van der Waals surface area contributed by atoms with Gasteiger partial charge >= 0.3 is 5.97 Å². The van der Waals surface area contributed by atoms with Crippen molar-refractivity contribution in [2.75, 3.05) is 41.3 Å². The van der Waals surface area contributed by atoms with Gasteiger partial charge in [0.1, 0.15) is 30.1 Å². The second-order valence-corrected chi connectivity index (χ2v) is 20.6. The molecule has 63 heavy (non-hydrogen) atoms. The van der Waals surface area contributed by atoms with Crippen molar-refractivity contribution in [2.24, 2.45) is 11.8 Å². The summed E-state index contributed by atoms with van der Waals surface area (Å²) in [4.78, 5) is 13.9. The first kappa shape index (κ1) is 46.8. The Hall–Kier alpha value is -4.19. The van der Waals surface area contributed by atoms with E-state index >= 15 is 0 Å². The number of carbonyl (C=O) groups is 1. The van der Waals surface area contributed by atoms with Crippen molar-refractivity contribution in [3.05, 3.63) is 52.8 Å². The minimum Gasteiger partial charge on any atom is -0.493 e. The minimum atomic E-state index is -0.908. The first-order valence-corrected chi connectivity index (χ1v) is 21.7. The second kappa shape index (κ2) is 17.7. The summed E-state index contributed by atoms with van der Waals surface area (Å²) in [5.74, 6) is 0.852. The highest BCUT2D eigenvalue weighted by atomic mass is 16.7. The molecule has 7 rings (SSSR count). The van der Waals surface area contributed by atoms with E-state index in [0.29, 0.717) is 34.4 Å². The normalized spacial score (nSPS) is 27.2. The molecular weight excluding hydrogens is 815 g/mol. The number of methoxy groups -OCH3 is 3. The number of fused-ring (bicyclic) bond motifs is 3. The third-order valence-corrected chi connectivity index (χ3v) is 11.2. The van der Waals surface area contributed by atoms with Gasteiger partial charge in [0.25, 0.3) is 0 Å². The van der Waals surface area contributed by atoms with E-state index in [2.05, 4.69) is 10.3 Å². The zero-order chi connectivity index (χ0) is 45.8. The van der Waals surface area contributed by atoms with Crippen LogP contribution >= 0.6 is 0 Å². The van der Waals surface area contributed by atoms with Gasteiger partial charge in [-0.25, -0.2) is 4.68 Å². The molecule has 0 unspecified atom stereocenters. The van der Waals surface area contributed by atoms with Gasteiger partial charge in [-0.3, -0.25) is 4.79 Å². The number of carbonyl (C=O) groups excluding carboxylic acids is 1. The molecule has 0 saturated carbocycles. The van der Waals surface area contributed by atoms with Crippen molar-refractivity contribution in [3.8, 4) is 28.7 Å². The summed E-state index contributed by atoms with van der Waals surface area (Å²) >= 11 is 0. The summed E-state index contributed by atoms with van der Waals surface area (Å²) in [6.45, 7) is 24.5. The Kier molecular flexibility index (Phi) is 13.1.